The molecular weight excluding hydrogens is 1100 g/mol. The lowest BCUT2D eigenvalue weighted by Crippen LogP contribution is -2.71. The zero-order valence-corrected chi connectivity index (χ0v) is 42.4. The van der Waals surface area contributed by atoms with E-state index in [0.717, 1.165) is 27.9 Å². The van der Waals surface area contributed by atoms with E-state index < -0.39 is 239 Å². The zero-order valence-electron chi connectivity index (χ0n) is 42.4. The fraction of sp³-hybridized carbons (Fsp3) is 0.860. The van der Waals surface area contributed by atoms with Gasteiger partial charge in [-0.15, -0.1) is 0 Å². The maximum Gasteiger partial charge on any atom is 0.335 e. The number of aliphatic hydroxyl groups excluding tert-OH is 13. The van der Waals surface area contributed by atoms with Crippen LogP contribution < -0.4 is 16.0 Å². The normalized spacial score (nSPS) is 46.2. The molecule has 6 fully saturated rings. The molecule has 6 heterocycles. The van der Waals surface area contributed by atoms with Gasteiger partial charge in [-0.25, -0.2) is 14.4 Å². The molecule has 0 aromatic heterocycles. The van der Waals surface area contributed by atoms with Gasteiger partial charge in [-0.05, 0) is 0 Å². The van der Waals surface area contributed by atoms with Gasteiger partial charge in [0.2, 0.25) is 17.7 Å². The van der Waals surface area contributed by atoms with Crippen LogP contribution in [0.3, 0.4) is 0 Å². The first kappa shape index (κ1) is 65.0. The molecule has 6 aliphatic rings. The lowest BCUT2D eigenvalue weighted by molar-refractivity contribution is -0.377. The van der Waals surface area contributed by atoms with E-state index in [-0.39, 0.29) is 0 Å². The van der Waals surface area contributed by atoms with E-state index in [4.69, 9.17) is 56.8 Å². The van der Waals surface area contributed by atoms with E-state index in [1.54, 1.807) is 0 Å². The molecule has 0 unspecified atom stereocenters. The minimum Gasteiger partial charge on any atom is -0.479 e. The van der Waals surface area contributed by atoms with Gasteiger partial charge in [0.25, 0.3) is 0 Å². The smallest absolute Gasteiger partial charge is 0.335 e. The maximum atomic E-state index is 12.9. The Bertz CT molecular complexity index is 2140. The quantitative estimate of drug-likeness (QED) is 0.0538. The van der Waals surface area contributed by atoms with Crippen molar-refractivity contribution in [2.75, 3.05) is 26.9 Å². The molecule has 0 aliphatic carbocycles. The van der Waals surface area contributed by atoms with E-state index >= 15 is 0 Å². The number of aliphatic carboxylic acids is 3. The Kier molecular flexibility index (Phi) is 22.3. The molecule has 30 atom stereocenters. The van der Waals surface area contributed by atoms with Crippen molar-refractivity contribution >= 4 is 35.6 Å². The molecular formula is C43H67N3O34. The molecule has 6 aliphatic heterocycles. The number of carboxylic acids is 3. The summed E-state index contributed by atoms with van der Waals surface area (Å²) in [6.45, 7) is -0.223. The van der Waals surface area contributed by atoms with Gasteiger partial charge in [-0.3, -0.25) is 14.4 Å². The summed E-state index contributed by atoms with van der Waals surface area (Å²) >= 11 is 0. The summed E-state index contributed by atoms with van der Waals surface area (Å²) in [6.07, 6.45) is -58.0. The Morgan fingerprint density at radius 1 is 0.350 bits per heavy atom. The topological polar surface area (TPSA) is 573 Å². The summed E-state index contributed by atoms with van der Waals surface area (Å²) in [7, 11) is 1.13. The molecule has 37 heteroatoms. The van der Waals surface area contributed by atoms with Gasteiger partial charge in [0.1, 0.15) is 128 Å². The van der Waals surface area contributed by atoms with Crippen LogP contribution in [0.15, 0.2) is 0 Å². The molecule has 458 valence electrons. The van der Waals surface area contributed by atoms with Crippen LogP contribution in [-0.2, 0) is 85.6 Å². The Balaban J connectivity index is 1.25. The highest BCUT2D eigenvalue weighted by atomic mass is 16.8. The minimum absolute atomic E-state index is 0.715. The molecule has 19 N–H and O–H groups in total. The number of aliphatic hydroxyl groups is 13. The second kappa shape index (κ2) is 27.5. The van der Waals surface area contributed by atoms with Crippen molar-refractivity contribution < 1.29 is 167 Å². The molecule has 6 saturated heterocycles. The first-order valence-electron chi connectivity index (χ1n) is 24.5. The first-order valence-corrected chi connectivity index (χ1v) is 24.5. The molecule has 3 amide bonds. The minimum atomic E-state index is -2.52. The van der Waals surface area contributed by atoms with Gasteiger partial charge in [0.15, 0.2) is 56.1 Å². The summed E-state index contributed by atoms with van der Waals surface area (Å²) in [5.41, 5.74) is 0. The van der Waals surface area contributed by atoms with Crippen LogP contribution >= 0.6 is 0 Å². The third kappa shape index (κ3) is 13.9. The molecule has 0 saturated carbocycles. The van der Waals surface area contributed by atoms with E-state index in [0.29, 0.717) is 0 Å². The zero-order chi connectivity index (χ0) is 59.5. The van der Waals surface area contributed by atoms with Crippen LogP contribution in [0.5, 0.6) is 0 Å². The van der Waals surface area contributed by atoms with Crippen LogP contribution in [0.25, 0.3) is 0 Å². The number of amides is 3. The van der Waals surface area contributed by atoms with Crippen LogP contribution in [0.2, 0.25) is 0 Å². The van der Waals surface area contributed by atoms with Crippen LogP contribution in [0.4, 0.5) is 0 Å². The predicted molar refractivity (Wildman–Crippen MR) is 240 cm³/mol. The number of methoxy groups -OCH3 is 1. The molecule has 0 aromatic carbocycles. The second-order valence-electron chi connectivity index (χ2n) is 19.3. The van der Waals surface area contributed by atoms with Crippen LogP contribution in [-0.4, -0.2) is 328 Å². The number of carbonyl (C=O) groups excluding carboxylic acids is 3. The molecule has 0 spiro atoms. The van der Waals surface area contributed by atoms with Gasteiger partial charge >= 0.3 is 17.9 Å². The average Bonchev–Trinajstić information content (AvgIpc) is 3.39. The summed E-state index contributed by atoms with van der Waals surface area (Å²) in [4.78, 5) is 75.0. The highest BCUT2D eigenvalue weighted by Crippen LogP contribution is 2.37. The third-order valence-electron chi connectivity index (χ3n) is 13.7. The van der Waals surface area contributed by atoms with Gasteiger partial charge < -0.3 is 154 Å². The van der Waals surface area contributed by atoms with Crippen molar-refractivity contribution in [3.8, 4) is 0 Å². The maximum absolute atomic E-state index is 12.9. The third-order valence-corrected chi connectivity index (χ3v) is 13.7. The summed E-state index contributed by atoms with van der Waals surface area (Å²) in [5.74, 6) is -8.44. The molecule has 80 heavy (non-hydrogen) atoms. The Hall–Kier alpha value is -4.18. The fourth-order valence-electron chi connectivity index (χ4n) is 9.83. The van der Waals surface area contributed by atoms with E-state index in [9.17, 15) is 110 Å². The van der Waals surface area contributed by atoms with Crippen molar-refractivity contribution in [2.45, 2.75) is 205 Å². The SMILES string of the molecule is CO[C@@H]1O[C@H](CO)[C@@H](O)[C@H](O[C@@H]2O[C@H](C(=O)O)[C@@H](O[C@@H]3O[C@H](CO)[C@@H](O)[C@H](O[C@@H]4O[C@H](C(=O)O)[C@@H](O[C@@H]5O[C@H](CO)[C@@H](O)[C@H](O[C@@H]6O[C@H](C(=O)O)[C@@H](O)[C@H](O)[C@H]6O)[C@H]5NC(C)=O)[C@H](O)[C@H]4O)[C@H]3NC(C)=O)[C@H](O)[C@H]2O)[C@H]1NC(C)=O. The van der Waals surface area contributed by atoms with E-state index in [1.165, 1.54) is 0 Å². The average molecular weight is 1170 g/mol. The van der Waals surface area contributed by atoms with Gasteiger partial charge in [-0.2, -0.15) is 0 Å². The molecule has 0 aromatic rings. The highest BCUT2D eigenvalue weighted by molar-refractivity contribution is 5.75. The van der Waals surface area contributed by atoms with Crippen molar-refractivity contribution in [3.05, 3.63) is 0 Å². The standard InChI is InChI=1S/C43H67N3O34/c1-8(50)44-14-27(17(53)11(5-47)70-38(14)69-4)73-42-25(61)22(58)30(33(79-42)36(65)66)77-40-16(46-10(3)52)29(19(55)13(7-49)72-40)75-43-26(62)23(59)31(34(80-43)37(67)68)76-39-15(45-9(2)51)28(18(54)12(6-48)71-39)74-41-24(60)20(56)21(57)32(78-41)35(63)64/h11-34,38-43,47-49,53-62H,5-7H2,1-4H3,(H,44,50)(H,45,51)(H,46,52)(H,63,64)(H,65,66)(H,67,68)/t11-,12-,13-,14-,15-,16-,17-,18-,19-,20+,21+,22-,23-,24-,25-,26-,27-,28-,29-,30+,31+,32+,33+,34+,38-,39+,40+,41-,42-,43-/m1/s1. The summed E-state index contributed by atoms with van der Waals surface area (Å²) in [5, 5.41) is 179. The van der Waals surface area contributed by atoms with E-state index in [2.05, 4.69) is 16.0 Å². The van der Waals surface area contributed by atoms with Crippen LogP contribution in [0, 0.1) is 0 Å². The second-order valence-corrected chi connectivity index (χ2v) is 19.3. The molecule has 6 rings (SSSR count). The Morgan fingerprint density at radius 3 is 0.912 bits per heavy atom. The number of nitrogens with one attached hydrogen (secondary N) is 3. The van der Waals surface area contributed by atoms with Crippen molar-refractivity contribution in [3.63, 3.8) is 0 Å². The largest absolute Gasteiger partial charge is 0.479 e. The summed E-state index contributed by atoms with van der Waals surface area (Å²) < 4.78 is 67.1. The lowest BCUT2D eigenvalue weighted by atomic mass is 9.93. The highest BCUT2D eigenvalue weighted by Gasteiger charge is 2.60. The number of carbonyl (C=O) groups is 6. The number of carboxylic acid groups (broad SMARTS) is 3. The van der Waals surface area contributed by atoms with Crippen molar-refractivity contribution in [1.82, 2.24) is 16.0 Å². The van der Waals surface area contributed by atoms with Crippen molar-refractivity contribution in [2.24, 2.45) is 0 Å². The Labute approximate surface area is 450 Å². The molecule has 0 radical (unpaired) electrons. The molecule has 37 nitrogen and oxygen atoms in total. The first-order chi connectivity index (χ1) is 37.6. The van der Waals surface area contributed by atoms with Crippen LogP contribution in [0.1, 0.15) is 20.8 Å². The lowest BCUT2D eigenvalue weighted by Gasteiger charge is -2.50. The number of hydrogen-bond acceptors (Lipinski definition) is 31. The Morgan fingerprint density at radius 2 is 0.625 bits per heavy atom. The van der Waals surface area contributed by atoms with Gasteiger partial charge in [-0.1, -0.05) is 0 Å². The number of hydrogen-bond donors (Lipinski definition) is 19. The predicted octanol–water partition coefficient (Wildman–Crippen LogP) is -12.7. The number of ether oxygens (including phenoxy) is 12. The van der Waals surface area contributed by atoms with Gasteiger partial charge in [0, 0.05) is 27.9 Å². The fourth-order valence-corrected chi connectivity index (χ4v) is 9.83. The monoisotopic (exact) mass is 1170 g/mol. The molecule has 0 bridgehead atoms. The number of rotatable bonds is 20. The van der Waals surface area contributed by atoms with E-state index in [1.807, 2.05) is 0 Å². The van der Waals surface area contributed by atoms with Crippen molar-refractivity contribution in [1.29, 1.82) is 0 Å². The van der Waals surface area contributed by atoms with Gasteiger partial charge in [0.05, 0.1) is 19.8 Å². The summed E-state index contributed by atoms with van der Waals surface area (Å²) in [6, 6.07) is -5.34.